The van der Waals surface area contributed by atoms with Gasteiger partial charge >= 0.3 is 0 Å². The number of nitrogens with two attached hydrogens (primary N) is 1. The van der Waals surface area contributed by atoms with Crippen molar-refractivity contribution in [1.29, 1.82) is 0 Å². The fourth-order valence-electron chi connectivity index (χ4n) is 2.57. The number of amides is 3. The van der Waals surface area contributed by atoms with Gasteiger partial charge in [0.05, 0.1) is 11.7 Å². The smallest absolute Gasteiger partial charge is 0.241 e. The van der Waals surface area contributed by atoms with Gasteiger partial charge in [0.1, 0.15) is 0 Å². The number of anilines is 2. The van der Waals surface area contributed by atoms with Crippen LogP contribution in [0.4, 0.5) is 11.4 Å². The average molecular weight is 317 g/mol. The first-order chi connectivity index (χ1) is 10.8. The highest BCUT2D eigenvalue weighted by Crippen LogP contribution is 2.28. The van der Waals surface area contributed by atoms with Gasteiger partial charge < -0.3 is 11.1 Å². The molecule has 3 N–H and O–H groups in total. The van der Waals surface area contributed by atoms with E-state index >= 15 is 0 Å². The third kappa shape index (κ3) is 3.59. The van der Waals surface area contributed by atoms with Crippen LogP contribution in [0.5, 0.6) is 0 Å². The molecule has 0 saturated carbocycles. The van der Waals surface area contributed by atoms with E-state index in [2.05, 4.69) is 5.32 Å². The lowest BCUT2D eigenvalue weighted by molar-refractivity contribution is -0.121. The van der Waals surface area contributed by atoms with Crippen molar-refractivity contribution in [1.82, 2.24) is 0 Å². The van der Waals surface area contributed by atoms with Crippen molar-refractivity contribution in [3.8, 4) is 0 Å². The summed E-state index contributed by atoms with van der Waals surface area (Å²) < 4.78 is 0. The molecule has 23 heavy (non-hydrogen) atoms. The Morgan fingerprint density at radius 3 is 2.43 bits per heavy atom. The second-order valence-electron chi connectivity index (χ2n) is 6.02. The minimum atomic E-state index is -0.568. The zero-order chi connectivity index (χ0) is 17.1. The van der Waals surface area contributed by atoms with E-state index in [1.54, 1.807) is 25.1 Å². The van der Waals surface area contributed by atoms with Crippen LogP contribution in [0.15, 0.2) is 18.2 Å². The second kappa shape index (κ2) is 6.91. The van der Waals surface area contributed by atoms with Gasteiger partial charge in [-0.05, 0) is 36.6 Å². The fraction of sp³-hybridized carbons (Fsp3) is 0.471. The summed E-state index contributed by atoms with van der Waals surface area (Å²) in [5, 5.41) is 2.79. The Morgan fingerprint density at radius 2 is 1.91 bits per heavy atom. The zero-order valence-electron chi connectivity index (χ0n) is 13.8. The number of hydrogen-bond acceptors (Lipinski definition) is 4. The van der Waals surface area contributed by atoms with Gasteiger partial charge in [-0.25, -0.2) is 0 Å². The van der Waals surface area contributed by atoms with Crippen molar-refractivity contribution in [2.24, 2.45) is 11.7 Å². The SMILES string of the molecule is CCC(C)C(N)C(=O)Nc1ccc(N2C(=O)CCC2=O)c(C)c1. The molecule has 2 atom stereocenters. The predicted molar refractivity (Wildman–Crippen MR) is 89.0 cm³/mol. The second-order valence-corrected chi connectivity index (χ2v) is 6.02. The molecule has 2 unspecified atom stereocenters. The Hall–Kier alpha value is -2.21. The molecule has 1 heterocycles. The monoisotopic (exact) mass is 317 g/mol. The van der Waals surface area contributed by atoms with Crippen LogP contribution in [0.1, 0.15) is 38.7 Å². The summed E-state index contributed by atoms with van der Waals surface area (Å²) in [4.78, 5) is 37.0. The summed E-state index contributed by atoms with van der Waals surface area (Å²) in [6.07, 6.45) is 1.33. The topological polar surface area (TPSA) is 92.5 Å². The van der Waals surface area contributed by atoms with Crippen LogP contribution >= 0.6 is 0 Å². The third-order valence-corrected chi connectivity index (χ3v) is 4.32. The maximum Gasteiger partial charge on any atom is 0.241 e. The number of imide groups is 1. The van der Waals surface area contributed by atoms with Crippen molar-refractivity contribution in [3.63, 3.8) is 0 Å². The number of aryl methyl sites for hydroxylation is 1. The van der Waals surface area contributed by atoms with Crippen molar-refractivity contribution >= 4 is 29.1 Å². The normalized spacial score (nSPS) is 17.3. The molecule has 0 aliphatic carbocycles. The molecule has 1 aromatic carbocycles. The van der Waals surface area contributed by atoms with E-state index in [9.17, 15) is 14.4 Å². The number of rotatable bonds is 5. The maximum absolute atomic E-state index is 12.1. The van der Waals surface area contributed by atoms with Crippen molar-refractivity contribution < 1.29 is 14.4 Å². The van der Waals surface area contributed by atoms with Crippen molar-refractivity contribution in [3.05, 3.63) is 23.8 Å². The molecule has 1 fully saturated rings. The first-order valence-electron chi connectivity index (χ1n) is 7.88. The summed E-state index contributed by atoms with van der Waals surface area (Å²) in [5.41, 5.74) is 7.84. The van der Waals surface area contributed by atoms with E-state index < -0.39 is 6.04 Å². The molecule has 2 rings (SSSR count). The van der Waals surface area contributed by atoms with Crippen LogP contribution in [0.2, 0.25) is 0 Å². The van der Waals surface area contributed by atoms with E-state index in [4.69, 9.17) is 5.73 Å². The van der Waals surface area contributed by atoms with Crippen molar-refractivity contribution in [2.45, 2.75) is 46.1 Å². The van der Waals surface area contributed by atoms with E-state index in [0.29, 0.717) is 11.4 Å². The molecule has 1 aromatic rings. The number of nitrogens with zero attached hydrogens (tertiary/aromatic N) is 1. The maximum atomic E-state index is 12.1. The summed E-state index contributed by atoms with van der Waals surface area (Å²) in [6, 6.07) is 4.54. The van der Waals surface area contributed by atoms with Crippen LogP contribution < -0.4 is 16.0 Å². The van der Waals surface area contributed by atoms with Gasteiger partial charge in [-0.15, -0.1) is 0 Å². The summed E-state index contributed by atoms with van der Waals surface area (Å²) in [6.45, 7) is 5.72. The van der Waals surface area contributed by atoms with E-state index in [1.165, 1.54) is 4.90 Å². The largest absolute Gasteiger partial charge is 0.325 e. The van der Waals surface area contributed by atoms with Crippen LogP contribution in [0, 0.1) is 12.8 Å². The molecule has 0 spiro atoms. The third-order valence-electron chi connectivity index (χ3n) is 4.32. The van der Waals surface area contributed by atoms with Gasteiger partial charge in [-0.1, -0.05) is 20.3 Å². The lowest BCUT2D eigenvalue weighted by atomic mass is 9.99. The lowest BCUT2D eigenvalue weighted by Gasteiger charge is -2.20. The molecule has 3 amide bonds. The molecule has 6 heteroatoms. The number of carbonyl (C=O) groups is 3. The van der Waals surface area contributed by atoms with Crippen LogP contribution in [-0.2, 0) is 14.4 Å². The van der Waals surface area contributed by atoms with Gasteiger partial charge in [-0.2, -0.15) is 0 Å². The molecule has 0 bridgehead atoms. The minimum Gasteiger partial charge on any atom is -0.325 e. The minimum absolute atomic E-state index is 0.0928. The summed E-state index contributed by atoms with van der Waals surface area (Å²) in [7, 11) is 0. The van der Waals surface area contributed by atoms with E-state index in [0.717, 1.165) is 12.0 Å². The summed E-state index contributed by atoms with van der Waals surface area (Å²) >= 11 is 0. The number of benzene rings is 1. The van der Waals surface area contributed by atoms with Gasteiger partial charge in [0, 0.05) is 18.5 Å². The number of hydrogen-bond donors (Lipinski definition) is 2. The van der Waals surface area contributed by atoms with Crippen LogP contribution in [0.25, 0.3) is 0 Å². The quantitative estimate of drug-likeness (QED) is 0.812. The first-order valence-corrected chi connectivity index (χ1v) is 7.88. The Bertz CT molecular complexity index is 626. The van der Waals surface area contributed by atoms with Gasteiger partial charge in [-0.3, -0.25) is 19.3 Å². The summed E-state index contributed by atoms with van der Waals surface area (Å²) in [5.74, 6) is -0.516. The Balaban J connectivity index is 2.15. The van der Waals surface area contributed by atoms with Crippen LogP contribution in [0.3, 0.4) is 0 Å². The highest BCUT2D eigenvalue weighted by atomic mass is 16.2. The molecule has 124 valence electrons. The number of nitrogens with one attached hydrogen (secondary N) is 1. The lowest BCUT2D eigenvalue weighted by Crippen LogP contribution is -2.40. The Morgan fingerprint density at radius 1 is 1.30 bits per heavy atom. The Kier molecular flexibility index (Phi) is 5.15. The molecular weight excluding hydrogens is 294 g/mol. The standard InChI is InChI=1S/C17H23N3O3/c1-4-10(2)16(18)17(23)19-12-5-6-13(11(3)9-12)20-14(21)7-8-15(20)22/h5-6,9-10,16H,4,7-8,18H2,1-3H3,(H,19,23). The zero-order valence-corrected chi connectivity index (χ0v) is 13.8. The number of carbonyl (C=O) groups excluding carboxylic acids is 3. The molecule has 1 saturated heterocycles. The molecule has 1 aliphatic heterocycles. The highest BCUT2D eigenvalue weighted by molar-refractivity contribution is 6.20. The molecule has 0 radical (unpaired) electrons. The molecular formula is C17H23N3O3. The fourth-order valence-corrected chi connectivity index (χ4v) is 2.57. The van der Waals surface area contributed by atoms with Gasteiger partial charge in [0.25, 0.3) is 0 Å². The predicted octanol–water partition coefficient (Wildman–Crippen LogP) is 1.96. The molecule has 1 aliphatic rings. The molecule has 0 aromatic heterocycles. The van der Waals surface area contributed by atoms with E-state index in [1.807, 2.05) is 13.8 Å². The highest BCUT2D eigenvalue weighted by Gasteiger charge is 2.31. The van der Waals surface area contributed by atoms with Crippen LogP contribution in [-0.4, -0.2) is 23.8 Å². The van der Waals surface area contributed by atoms with Crippen molar-refractivity contribution in [2.75, 3.05) is 10.2 Å². The van der Waals surface area contributed by atoms with Gasteiger partial charge in [0.2, 0.25) is 17.7 Å². The molecule has 6 nitrogen and oxygen atoms in total. The first kappa shape index (κ1) is 17.1. The van der Waals surface area contributed by atoms with Gasteiger partial charge in [0.15, 0.2) is 0 Å². The average Bonchev–Trinajstić information content (AvgIpc) is 2.85. The Labute approximate surface area is 136 Å². The van der Waals surface area contributed by atoms with E-state index in [-0.39, 0.29) is 36.5 Å².